The van der Waals surface area contributed by atoms with Gasteiger partial charge in [-0.25, -0.2) is 0 Å². The summed E-state index contributed by atoms with van der Waals surface area (Å²) < 4.78 is 10.3. The molecule has 0 bridgehead atoms. The summed E-state index contributed by atoms with van der Waals surface area (Å²) in [5.41, 5.74) is 3.27. The van der Waals surface area contributed by atoms with Gasteiger partial charge in [0.1, 0.15) is 5.60 Å². The van der Waals surface area contributed by atoms with Gasteiger partial charge in [0.2, 0.25) is 0 Å². The number of benzene rings is 1. The number of methoxy groups -OCH3 is 1. The Morgan fingerprint density at radius 2 is 2.00 bits per heavy atom. The van der Waals surface area contributed by atoms with E-state index in [1.54, 1.807) is 0 Å². The molecular weight excluding hydrogens is 356 g/mol. The molecule has 0 aliphatic carbocycles. The normalized spacial score (nSPS) is 16.5. The molecule has 1 aliphatic rings. The van der Waals surface area contributed by atoms with Crippen molar-refractivity contribution in [3.8, 4) is 0 Å². The summed E-state index contributed by atoms with van der Waals surface area (Å²) in [5, 5.41) is 4.20. The molecule has 3 rings (SSSR count). The van der Waals surface area contributed by atoms with Crippen molar-refractivity contribution >= 4 is 35.2 Å². The highest BCUT2D eigenvalue weighted by Gasteiger charge is 2.30. The zero-order chi connectivity index (χ0) is 18.2. The van der Waals surface area contributed by atoms with E-state index >= 15 is 0 Å². The van der Waals surface area contributed by atoms with Crippen LogP contribution in [0.5, 0.6) is 0 Å². The molecule has 1 aromatic heterocycles. The van der Waals surface area contributed by atoms with Crippen LogP contribution < -0.4 is 5.32 Å². The van der Waals surface area contributed by atoms with Crippen LogP contribution in [0.2, 0.25) is 0 Å². The zero-order valence-electron chi connectivity index (χ0n) is 15.5. The lowest BCUT2D eigenvalue weighted by Crippen LogP contribution is -2.32. The van der Waals surface area contributed by atoms with E-state index in [9.17, 15) is 9.59 Å². The monoisotopic (exact) mass is 380 g/mol. The molecule has 2 aromatic rings. The standard InChI is InChI=1S/C19H24N2O4.ClH/c1-19(2,3)25-16(22)8-11-5-6-14-12(7-11)17-13(18(23)24-4)9-20-10-15(17)21-14;/h5-7,13,20-21H,8-10H2,1-4H3;1H. The molecule has 7 heteroatoms. The van der Waals surface area contributed by atoms with Gasteiger partial charge in [0.15, 0.2) is 0 Å². The maximum Gasteiger partial charge on any atom is 0.314 e. The number of hydrogen-bond donors (Lipinski definition) is 2. The first kappa shape index (κ1) is 20.3. The molecule has 1 aliphatic heterocycles. The van der Waals surface area contributed by atoms with E-state index in [0.29, 0.717) is 13.1 Å². The third-order valence-electron chi connectivity index (χ3n) is 4.24. The Morgan fingerprint density at radius 1 is 1.27 bits per heavy atom. The number of hydrogen-bond acceptors (Lipinski definition) is 5. The Bertz CT molecular complexity index is 823. The van der Waals surface area contributed by atoms with Gasteiger partial charge in [0, 0.05) is 29.7 Å². The third kappa shape index (κ3) is 4.19. The molecule has 6 nitrogen and oxygen atoms in total. The number of carbonyl (C=O) groups is 2. The molecule has 1 aromatic carbocycles. The van der Waals surface area contributed by atoms with Crippen molar-refractivity contribution in [1.29, 1.82) is 0 Å². The fraction of sp³-hybridized carbons (Fsp3) is 0.474. The molecule has 0 fully saturated rings. The van der Waals surface area contributed by atoms with E-state index in [4.69, 9.17) is 9.47 Å². The van der Waals surface area contributed by atoms with Gasteiger partial charge < -0.3 is 19.8 Å². The fourth-order valence-electron chi connectivity index (χ4n) is 3.29. The van der Waals surface area contributed by atoms with Crippen LogP contribution in [0, 0.1) is 0 Å². The SMILES string of the molecule is COC(=O)C1CNCc2[nH]c3ccc(CC(=O)OC(C)(C)C)cc3c21.Cl. The molecule has 2 heterocycles. The van der Waals surface area contributed by atoms with Crippen molar-refractivity contribution in [3.63, 3.8) is 0 Å². The number of aromatic amines is 1. The topological polar surface area (TPSA) is 80.4 Å². The smallest absolute Gasteiger partial charge is 0.314 e. The predicted octanol–water partition coefficient (Wildman–Crippen LogP) is 2.83. The number of fused-ring (bicyclic) bond motifs is 3. The minimum Gasteiger partial charge on any atom is -0.469 e. The Morgan fingerprint density at radius 3 is 2.65 bits per heavy atom. The van der Waals surface area contributed by atoms with E-state index < -0.39 is 5.60 Å². The zero-order valence-corrected chi connectivity index (χ0v) is 16.3. The highest BCUT2D eigenvalue weighted by molar-refractivity contribution is 5.92. The molecule has 0 amide bonds. The fourth-order valence-corrected chi connectivity index (χ4v) is 3.29. The molecular formula is C19H25ClN2O4. The molecule has 1 atom stereocenters. The average Bonchev–Trinajstić information content (AvgIpc) is 2.90. The van der Waals surface area contributed by atoms with E-state index in [2.05, 4.69) is 10.3 Å². The molecule has 2 N–H and O–H groups in total. The van der Waals surface area contributed by atoms with Crippen molar-refractivity contribution in [2.75, 3.05) is 13.7 Å². The van der Waals surface area contributed by atoms with Crippen molar-refractivity contribution < 1.29 is 19.1 Å². The van der Waals surface area contributed by atoms with Crippen molar-refractivity contribution in [2.45, 2.75) is 45.3 Å². The summed E-state index contributed by atoms with van der Waals surface area (Å²) in [6.45, 7) is 6.78. The molecule has 1 unspecified atom stereocenters. The van der Waals surface area contributed by atoms with Gasteiger partial charge >= 0.3 is 11.9 Å². The number of aromatic nitrogens is 1. The van der Waals surface area contributed by atoms with Crippen LogP contribution in [-0.2, 0) is 32.0 Å². The van der Waals surface area contributed by atoms with Crippen LogP contribution in [0.3, 0.4) is 0 Å². The summed E-state index contributed by atoms with van der Waals surface area (Å²) in [6, 6.07) is 5.83. The molecule has 142 valence electrons. The largest absolute Gasteiger partial charge is 0.469 e. The van der Waals surface area contributed by atoms with E-state index in [1.807, 2.05) is 39.0 Å². The van der Waals surface area contributed by atoms with Crippen LogP contribution in [0.4, 0.5) is 0 Å². The number of halogens is 1. The second-order valence-corrected chi connectivity index (χ2v) is 7.37. The Hall–Kier alpha value is -2.05. The molecule has 0 radical (unpaired) electrons. The Labute approximate surface area is 159 Å². The van der Waals surface area contributed by atoms with Gasteiger partial charge in [0.05, 0.1) is 19.4 Å². The summed E-state index contributed by atoms with van der Waals surface area (Å²) in [7, 11) is 1.40. The van der Waals surface area contributed by atoms with Crippen LogP contribution in [0.15, 0.2) is 18.2 Å². The predicted molar refractivity (Wildman–Crippen MR) is 102 cm³/mol. The Balaban J connectivity index is 0.00000243. The lowest BCUT2D eigenvalue weighted by Gasteiger charge is -2.22. The van der Waals surface area contributed by atoms with Gasteiger partial charge in [-0.3, -0.25) is 9.59 Å². The van der Waals surface area contributed by atoms with Crippen molar-refractivity contribution in [1.82, 2.24) is 10.3 Å². The molecule has 26 heavy (non-hydrogen) atoms. The number of nitrogens with one attached hydrogen (secondary N) is 2. The summed E-state index contributed by atoms with van der Waals surface area (Å²) in [6.07, 6.45) is 0.203. The molecule has 0 spiro atoms. The van der Waals surface area contributed by atoms with Crippen LogP contribution >= 0.6 is 12.4 Å². The van der Waals surface area contributed by atoms with Crippen LogP contribution in [-0.4, -0.2) is 36.2 Å². The highest BCUT2D eigenvalue weighted by Crippen LogP contribution is 2.33. The quantitative estimate of drug-likeness (QED) is 0.800. The lowest BCUT2D eigenvalue weighted by atomic mass is 9.92. The average molecular weight is 381 g/mol. The second kappa shape index (κ2) is 7.68. The van der Waals surface area contributed by atoms with E-state index in [1.165, 1.54) is 7.11 Å². The molecule has 0 saturated heterocycles. The maximum atomic E-state index is 12.1. The first-order valence-corrected chi connectivity index (χ1v) is 8.42. The van der Waals surface area contributed by atoms with Gasteiger partial charge in [-0.05, 0) is 44.0 Å². The summed E-state index contributed by atoms with van der Waals surface area (Å²) in [4.78, 5) is 27.6. The molecule has 0 saturated carbocycles. The first-order valence-electron chi connectivity index (χ1n) is 8.42. The van der Waals surface area contributed by atoms with Gasteiger partial charge in [0.25, 0.3) is 0 Å². The highest BCUT2D eigenvalue weighted by atomic mass is 35.5. The number of carbonyl (C=O) groups excluding carboxylic acids is 2. The van der Waals surface area contributed by atoms with Gasteiger partial charge in [-0.1, -0.05) is 6.07 Å². The van der Waals surface area contributed by atoms with Crippen molar-refractivity contribution in [2.24, 2.45) is 0 Å². The van der Waals surface area contributed by atoms with Gasteiger partial charge in [-0.15, -0.1) is 12.4 Å². The number of ether oxygens (including phenoxy) is 2. The summed E-state index contributed by atoms with van der Waals surface area (Å²) >= 11 is 0. The van der Waals surface area contributed by atoms with Gasteiger partial charge in [-0.2, -0.15) is 0 Å². The van der Waals surface area contributed by atoms with Crippen LogP contribution in [0.1, 0.15) is 43.5 Å². The summed E-state index contributed by atoms with van der Waals surface area (Å²) in [5.74, 6) is -0.867. The Kier molecular flexibility index (Phi) is 5.98. The number of rotatable bonds is 3. The lowest BCUT2D eigenvalue weighted by molar-refractivity contribution is -0.154. The van der Waals surface area contributed by atoms with Crippen molar-refractivity contribution in [3.05, 3.63) is 35.0 Å². The van der Waals surface area contributed by atoms with Crippen LogP contribution in [0.25, 0.3) is 10.9 Å². The second-order valence-electron chi connectivity index (χ2n) is 7.37. The van der Waals surface area contributed by atoms with E-state index in [0.717, 1.165) is 27.7 Å². The maximum absolute atomic E-state index is 12.1. The van der Waals surface area contributed by atoms with E-state index in [-0.39, 0.29) is 36.7 Å². The minimum atomic E-state index is -0.504. The number of H-pyrrole nitrogens is 1. The third-order valence-corrected chi connectivity index (χ3v) is 4.24. The minimum absolute atomic E-state index is 0. The first-order chi connectivity index (χ1) is 11.8. The number of esters is 2.